The zero-order chi connectivity index (χ0) is 13.1. The molecule has 0 atom stereocenters. The van der Waals surface area contributed by atoms with E-state index < -0.39 is 0 Å². The average molecular weight is 236 g/mol. The van der Waals surface area contributed by atoms with Crippen LogP contribution in [0, 0.1) is 28.6 Å². The highest BCUT2D eigenvalue weighted by Gasteiger charge is 2.20. The fraction of sp³-hybridized carbons (Fsp3) is 0.200. The Morgan fingerprint density at radius 1 is 1.17 bits per heavy atom. The van der Waals surface area contributed by atoms with Crippen LogP contribution in [-0.4, -0.2) is 0 Å². The molecule has 0 unspecified atom stereocenters. The molecule has 0 fully saturated rings. The Bertz CT molecular complexity index is 609. The summed E-state index contributed by atoms with van der Waals surface area (Å²) in [5.74, 6) is 1.67. The van der Waals surface area contributed by atoms with E-state index in [1.54, 1.807) is 6.08 Å². The largest absolute Gasteiger partial charge is 0.461 e. The summed E-state index contributed by atoms with van der Waals surface area (Å²) >= 11 is 0. The first kappa shape index (κ1) is 12.0. The summed E-state index contributed by atoms with van der Waals surface area (Å²) in [7, 11) is 0. The van der Waals surface area contributed by atoms with E-state index in [9.17, 15) is 0 Å². The third kappa shape index (κ3) is 1.99. The SMILES string of the molecule is CC(C)C1=CC(=C(C#N)C#N)c2ccccc2O1. The molecular weight excluding hydrogens is 224 g/mol. The van der Waals surface area contributed by atoms with Gasteiger partial charge in [0.2, 0.25) is 0 Å². The molecule has 1 aliphatic rings. The number of para-hydroxylation sites is 1. The third-order valence-corrected chi connectivity index (χ3v) is 2.75. The predicted octanol–water partition coefficient (Wildman–Crippen LogP) is 3.42. The predicted molar refractivity (Wildman–Crippen MR) is 68.1 cm³/mol. The van der Waals surface area contributed by atoms with Gasteiger partial charge in [0.05, 0.1) is 0 Å². The molecule has 0 amide bonds. The molecule has 0 aliphatic carbocycles. The highest BCUT2D eigenvalue weighted by atomic mass is 16.5. The Kier molecular flexibility index (Phi) is 3.17. The second kappa shape index (κ2) is 4.77. The number of hydrogen-bond donors (Lipinski definition) is 0. The number of nitrogens with zero attached hydrogens (tertiary/aromatic N) is 2. The fourth-order valence-electron chi connectivity index (χ4n) is 1.79. The Morgan fingerprint density at radius 2 is 1.83 bits per heavy atom. The van der Waals surface area contributed by atoms with Crippen molar-refractivity contribution in [3.8, 4) is 17.9 Å². The average Bonchev–Trinajstić information content (AvgIpc) is 2.39. The minimum atomic E-state index is 0.115. The molecular formula is C15H12N2O. The zero-order valence-corrected chi connectivity index (χ0v) is 10.3. The van der Waals surface area contributed by atoms with Crippen molar-refractivity contribution in [3.05, 3.63) is 47.2 Å². The Morgan fingerprint density at radius 3 is 2.44 bits per heavy atom. The second-order valence-electron chi connectivity index (χ2n) is 4.31. The normalized spacial score (nSPS) is 12.9. The van der Waals surface area contributed by atoms with Gasteiger partial charge in [-0.05, 0) is 12.1 Å². The smallest absolute Gasteiger partial charge is 0.137 e. The molecule has 0 N–H and O–H groups in total. The molecule has 0 aromatic heterocycles. The van der Waals surface area contributed by atoms with Crippen LogP contribution in [0.3, 0.4) is 0 Å². The number of benzene rings is 1. The lowest BCUT2D eigenvalue weighted by atomic mass is 9.95. The number of fused-ring (bicyclic) bond motifs is 1. The molecule has 0 bridgehead atoms. The van der Waals surface area contributed by atoms with Crippen molar-refractivity contribution in [2.75, 3.05) is 0 Å². The van der Waals surface area contributed by atoms with Crippen molar-refractivity contribution in [2.45, 2.75) is 13.8 Å². The summed E-state index contributed by atoms with van der Waals surface area (Å²) in [6.07, 6.45) is 1.79. The van der Waals surface area contributed by atoms with Gasteiger partial charge in [-0.3, -0.25) is 0 Å². The van der Waals surface area contributed by atoms with Crippen LogP contribution in [0.5, 0.6) is 5.75 Å². The standard InChI is InChI=1S/C15H12N2O/c1-10(2)15-7-13(11(8-16)9-17)12-5-3-4-6-14(12)18-15/h3-7,10H,1-2H3. The quantitative estimate of drug-likeness (QED) is 0.702. The first-order valence-electron chi connectivity index (χ1n) is 5.70. The van der Waals surface area contributed by atoms with E-state index in [1.165, 1.54) is 0 Å². The maximum Gasteiger partial charge on any atom is 0.137 e. The van der Waals surface area contributed by atoms with Crippen LogP contribution in [0.1, 0.15) is 19.4 Å². The van der Waals surface area contributed by atoms with E-state index in [0.29, 0.717) is 11.3 Å². The minimum Gasteiger partial charge on any atom is -0.461 e. The number of hydrogen-bond acceptors (Lipinski definition) is 3. The van der Waals surface area contributed by atoms with Crippen LogP contribution in [0.25, 0.3) is 5.57 Å². The molecule has 3 heteroatoms. The first-order chi connectivity index (χ1) is 8.67. The van der Waals surface area contributed by atoms with E-state index in [2.05, 4.69) is 0 Å². The zero-order valence-electron chi connectivity index (χ0n) is 10.3. The lowest BCUT2D eigenvalue weighted by Crippen LogP contribution is -2.09. The third-order valence-electron chi connectivity index (χ3n) is 2.75. The van der Waals surface area contributed by atoms with Crippen molar-refractivity contribution >= 4 is 5.57 Å². The van der Waals surface area contributed by atoms with Gasteiger partial charge in [-0.25, -0.2) is 0 Å². The summed E-state index contributed by atoms with van der Waals surface area (Å²) < 4.78 is 5.77. The van der Waals surface area contributed by atoms with Crippen LogP contribution in [0.2, 0.25) is 0 Å². The summed E-state index contributed by atoms with van der Waals surface area (Å²) in [6, 6.07) is 11.3. The molecule has 3 nitrogen and oxygen atoms in total. The van der Waals surface area contributed by atoms with Gasteiger partial charge in [0.25, 0.3) is 0 Å². The van der Waals surface area contributed by atoms with Crippen LogP contribution in [0.4, 0.5) is 0 Å². The molecule has 0 radical (unpaired) electrons. The molecule has 0 spiro atoms. The molecule has 18 heavy (non-hydrogen) atoms. The van der Waals surface area contributed by atoms with Gasteiger partial charge in [-0.1, -0.05) is 32.0 Å². The number of rotatable bonds is 1. The Balaban J connectivity index is 2.69. The van der Waals surface area contributed by atoms with E-state index in [0.717, 1.165) is 11.3 Å². The lowest BCUT2D eigenvalue weighted by molar-refractivity contribution is 0.364. The highest BCUT2D eigenvalue weighted by Crippen LogP contribution is 2.36. The Hall–Kier alpha value is -2.52. The van der Waals surface area contributed by atoms with Crippen molar-refractivity contribution in [3.63, 3.8) is 0 Å². The van der Waals surface area contributed by atoms with Crippen LogP contribution in [-0.2, 0) is 0 Å². The van der Waals surface area contributed by atoms with Gasteiger partial charge in [0.1, 0.15) is 29.2 Å². The van der Waals surface area contributed by atoms with E-state index in [-0.39, 0.29) is 11.5 Å². The maximum absolute atomic E-state index is 9.03. The fourth-order valence-corrected chi connectivity index (χ4v) is 1.79. The number of allylic oxidation sites excluding steroid dienone is 4. The first-order valence-corrected chi connectivity index (χ1v) is 5.70. The van der Waals surface area contributed by atoms with Crippen molar-refractivity contribution in [2.24, 2.45) is 5.92 Å². The molecule has 1 heterocycles. The Labute approximate surface area is 106 Å². The van der Waals surface area contributed by atoms with Crippen molar-refractivity contribution < 1.29 is 4.74 Å². The van der Waals surface area contributed by atoms with E-state index in [1.807, 2.05) is 50.3 Å². The molecule has 0 saturated carbocycles. The maximum atomic E-state index is 9.03. The van der Waals surface area contributed by atoms with Gasteiger partial charge in [-0.15, -0.1) is 0 Å². The van der Waals surface area contributed by atoms with Gasteiger partial charge in [-0.2, -0.15) is 10.5 Å². The van der Waals surface area contributed by atoms with Crippen LogP contribution in [0.15, 0.2) is 41.7 Å². The molecule has 1 aromatic rings. The van der Waals surface area contributed by atoms with Crippen molar-refractivity contribution in [1.82, 2.24) is 0 Å². The molecule has 2 rings (SSSR count). The summed E-state index contributed by atoms with van der Waals surface area (Å²) in [6.45, 7) is 4.02. The molecule has 1 aliphatic heterocycles. The van der Waals surface area contributed by atoms with Gasteiger partial charge in [0.15, 0.2) is 0 Å². The molecule has 1 aromatic carbocycles. The second-order valence-corrected chi connectivity index (χ2v) is 4.31. The highest BCUT2D eigenvalue weighted by molar-refractivity contribution is 5.86. The van der Waals surface area contributed by atoms with Gasteiger partial charge < -0.3 is 4.74 Å². The van der Waals surface area contributed by atoms with E-state index >= 15 is 0 Å². The summed E-state index contributed by atoms with van der Waals surface area (Å²) in [5, 5.41) is 18.1. The van der Waals surface area contributed by atoms with Crippen LogP contribution >= 0.6 is 0 Å². The number of ether oxygens (including phenoxy) is 1. The molecule has 0 saturated heterocycles. The van der Waals surface area contributed by atoms with Crippen LogP contribution < -0.4 is 4.74 Å². The van der Waals surface area contributed by atoms with Gasteiger partial charge in [0, 0.05) is 17.1 Å². The van der Waals surface area contributed by atoms with Crippen molar-refractivity contribution in [1.29, 1.82) is 10.5 Å². The summed E-state index contributed by atoms with van der Waals surface area (Å²) in [4.78, 5) is 0. The monoisotopic (exact) mass is 236 g/mol. The summed E-state index contributed by atoms with van der Waals surface area (Å²) in [5.41, 5.74) is 1.55. The lowest BCUT2D eigenvalue weighted by Gasteiger charge is -2.22. The van der Waals surface area contributed by atoms with E-state index in [4.69, 9.17) is 15.3 Å². The number of nitriles is 2. The minimum absolute atomic E-state index is 0.115. The topological polar surface area (TPSA) is 56.8 Å². The van der Waals surface area contributed by atoms with Gasteiger partial charge >= 0.3 is 0 Å². The molecule has 88 valence electrons.